The van der Waals surface area contributed by atoms with Crippen LogP contribution >= 0.6 is 11.3 Å². The lowest BCUT2D eigenvalue weighted by Gasteiger charge is -2.22. The van der Waals surface area contributed by atoms with E-state index in [9.17, 15) is 9.59 Å². The molecule has 0 aromatic carbocycles. The number of nitrogens with one attached hydrogen (secondary N) is 1. The quantitative estimate of drug-likeness (QED) is 0.748. The molecule has 0 fully saturated rings. The van der Waals surface area contributed by atoms with Crippen molar-refractivity contribution in [3.63, 3.8) is 0 Å². The summed E-state index contributed by atoms with van der Waals surface area (Å²) in [6.45, 7) is 10.8. The Hall–Kier alpha value is -1.36. The Morgan fingerprint density at radius 2 is 2.00 bits per heavy atom. The summed E-state index contributed by atoms with van der Waals surface area (Å²) in [5.74, 6) is -0.0185. The number of esters is 1. The molecule has 24 heavy (non-hydrogen) atoms. The lowest BCUT2D eigenvalue weighted by Crippen LogP contribution is -2.19. The summed E-state index contributed by atoms with van der Waals surface area (Å²) >= 11 is 1.54. The van der Waals surface area contributed by atoms with Crippen molar-refractivity contribution in [2.24, 2.45) is 11.3 Å². The van der Waals surface area contributed by atoms with Crippen LogP contribution in [0.15, 0.2) is 0 Å². The van der Waals surface area contributed by atoms with Gasteiger partial charge in [-0.25, -0.2) is 4.79 Å². The second kappa shape index (κ2) is 7.68. The van der Waals surface area contributed by atoms with Crippen molar-refractivity contribution in [2.75, 3.05) is 11.9 Å². The molecule has 0 unspecified atom stereocenters. The van der Waals surface area contributed by atoms with Crippen molar-refractivity contribution in [3.8, 4) is 0 Å². The molecule has 134 valence electrons. The van der Waals surface area contributed by atoms with Crippen LogP contribution in [-0.2, 0) is 22.4 Å². The van der Waals surface area contributed by atoms with E-state index in [4.69, 9.17) is 4.74 Å². The molecule has 0 radical (unpaired) electrons. The van der Waals surface area contributed by atoms with Gasteiger partial charge in [-0.2, -0.15) is 0 Å². The zero-order valence-electron chi connectivity index (χ0n) is 15.5. The van der Waals surface area contributed by atoms with Crippen LogP contribution in [0.25, 0.3) is 0 Å². The van der Waals surface area contributed by atoms with Crippen LogP contribution in [0.4, 0.5) is 5.00 Å². The molecule has 1 N–H and O–H groups in total. The number of hydrogen-bond donors (Lipinski definition) is 1. The van der Waals surface area contributed by atoms with Crippen molar-refractivity contribution in [1.82, 2.24) is 0 Å². The number of aryl methyl sites for hydroxylation is 1. The van der Waals surface area contributed by atoms with E-state index >= 15 is 0 Å². The Bertz CT molecular complexity index is 613. The van der Waals surface area contributed by atoms with Crippen LogP contribution in [-0.4, -0.2) is 18.5 Å². The molecule has 1 amide bonds. The number of thiophene rings is 1. The smallest absolute Gasteiger partial charge is 0.341 e. The SMILES string of the molecule is CCOC(=O)c1c(NC(=O)C[C@@H](C)CC(C)(C)C)sc2c1CCC2. The zero-order valence-corrected chi connectivity index (χ0v) is 16.3. The summed E-state index contributed by atoms with van der Waals surface area (Å²) in [5.41, 5.74) is 1.88. The highest BCUT2D eigenvalue weighted by atomic mass is 32.1. The molecule has 4 nitrogen and oxygen atoms in total. The van der Waals surface area contributed by atoms with E-state index in [0.717, 1.165) is 31.2 Å². The minimum atomic E-state index is -0.310. The fraction of sp³-hybridized carbons (Fsp3) is 0.684. The van der Waals surface area contributed by atoms with Gasteiger partial charge in [0.15, 0.2) is 0 Å². The van der Waals surface area contributed by atoms with E-state index < -0.39 is 0 Å². The van der Waals surface area contributed by atoms with Gasteiger partial charge in [-0.1, -0.05) is 27.7 Å². The molecule has 1 aliphatic carbocycles. The van der Waals surface area contributed by atoms with E-state index in [1.54, 1.807) is 6.92 Å². The third-order valence-corrected chi connectivity index (χ3v) is 5.36. The number of rotatable bonds is 6. The average molecular weight is 352 g/mol. The first kappa shape index (κ1) is 19.0. The second-order valence-electron chi connectivity index (χ2n) is 7.90. The predicted octanol–water partition coefficient (Wildman–Crippen LogP) is 4.81. The number of ether oxygens (including phenoxy) is 1. The van der Waals surface area contributed by atoms with E-state index in [1.807, 2.05) is 0 Å². The molecule has 1 heterocycles. The molecular weight excluding hydrogens is 322 g/mol. The monoisotopic (exact) mass is 351 g/mol. The largest absolute Gasteiger partial charge is 0.462 e. The maximum absolute atomic E-state index is 12.4. The molecule has 1 aliphatic rings. The Morgan fingerprint density at radius 3 is 2.62 bits per heavy atom. The Labute approximate surface area is 149 Å². The maximum atomic E-state index is 12.4. The van der Waals surface area contributed by atoms with Gasteiger partial charge in [-0.15, -0.1) is 11.3 Å². The van der Waals surface area contributed by atoms with Gasteiger partial charge in [0.05, 0.1) is 12.2 Å². The summed E-state index contributed by atoms with van der Waals surface area (Å²) in [6, 6.07) is 0. The van der Waals surface area contributed by atoms with Crippen molar-refractivity contribution in [2.45, 2.75) is 66.7 Å². The maximum Gasteiger partial charge on any atom is 0.341 e. The van der Waals surface area contributed by atoms with Gasteiger partial charge >= 0.3 is 5.97 Å². The molecule has 2 rings (SSSR count). The van der Waals surface area contributed by atoms with Gasteiger partial charge in [0, 0.05) is 11.3 Å². The first-order valence-corrected chi connectivity index (χ1v) is 9.64. The molecule has 0 spiro atoms. The van der Waals surface area contributed by atoms with Crippen molar-refractivity contribution < 1.29 is 14.3 Å². The van der Waals surface area contributed by atoms with Gasteiger partial charge in [-0.3, -0.25) is 4.79 Å². The van der Waals surface area contributed by atoms with E-state index in [1.165, 1.54) is 16.2 Å². The van der Waals surface area contributed by atoms with Crippen LogP contribution in [0, 0.1) is 11.3 Å². The number of carbonyl (C=O) groups is 2. The number of fused-ring (bicyclic) bond motifs is 1. The van der Waals surface area contributed by atoms with Crippen LogP contribution in [0.5, 0.6) is 0 Å². The predicted molar refractivity (Wildman–Crippen MR) is 98.8 cm³/mol. The highest BCUT2D eigenvalue weighted by molar-refractivity contribution is 7.17. The molecule has 1 atom stereocenters. The Balaban J connectivity index is 2.09. The van der Waals surface area contributed by atoms with Crippen molar-refractivity contribution >= 4 is 28.2 Å². The molecule has 5 heteroatoms. The summed E-state index contributed by atoms with van der Waals surface area (Å²) < 4.78 is 5.20. The fourth-order valence-corrected chi connectivity index (χ4v) is 4.82. The third-order valence-electron chi connectivity index (χ3n) is 4.15. The zero-order chi connectivity index (χ0) is 17.9. The summed E-state index contributed by atoms with van der Waals surface area (Å²) in [5, 5.41) is 3.65. The fourth-order valence-electron chi connectivity index (χ4n) is 3.52. The summed E-state index contributed by atoms with van der Waals surface area (Å²) in [6.07, 6.45) is 4.43. The Morgan fingerprint density at radius 1 is 1.29 bits per heavy atom. The number of anilines is 1. The number of hydrogen-bond acceptors (Lipinski definition) is 4. The van der Waals surface area contributed by atoms with Crippen molar-refractivity contribution in [3.05, 3.63) is 16.0 Å². The molecule has 0 saturated heterocycles. The first-order valence-electron chi connectivity index (χ1n) is 8.82. The highest BCUT2D eigenvalue weighted by Gasteiger charge is 2.28. The van der Waals surface area contributed by atoms with Crippen LogP contribution in [0.1, 0.15) is 74.7 Å². The standard InChI is InChI=1S/C19H29NO3S/c1-6-23-18(22)16-13-8-7-9-14(13)24-17(16)20-15(21)10-12(2)11-19(3,4)5/h12H,6-11H2,1-5H3,(H,20,21)/t12-/m1/s1. The highest BCUT2D eigenvalue weighted by Crippen LogP contribution is 2.39. The molecule has 0 bridgehead atoms. The minimum Gasteiger partial charge on any atom is -0.462 e. The molecule has 1 aromatic heterocycles. The minimum absolute atomic E-state index is 0.0165. The average Bonchev–Trinajstić information content (AvgIpc) is 2.95. The van der Waals surface area contributed by atoms with Crippen molar-refractivity contribution in [1.29, 1.82) is 0 Å². The molecule has 1 aromatic rings. The topological polar surface area (TPSA) is 55.4 Å². The third kappa shape index (κ3) is 4.82. The van der Waals surface area contributed by atoms with Gasteiger partial charge < -0.3 is 10.1 Å². The van der Waals surface area contributed by atoms with Crippen LogP contribution < -0.4 is 5.32 Å². The molecule has 0 aliphatic heterocycles. The van der Waals surface area contributed by atoms with Gasteiger partial charge in [-0.05, 0) is 49.5 Å². The van der Waals surface area contributed by atoms with Gasteiger partial charge in [0.25, 0.3) is 0 Å². The number of amides is 1. The van der Waals surface area contributed by atoms with E-state index in [2.05, 4.69) is 33.0 Å². The van der Waals surface area contributed by atoms with Gasteiger partial charge in [0.2, 0.25) is 5.91 Å². The van der Waals surface area contributed by atoms with Crippen LogP contribution in [0.2, 0.25) is 0 Å². The van der Waals surface area contributed by atoms with Gasteiger partial charge in [0.1, 0.15) is 5.00 Å². The first-order chi connectivity index (χ1) is 11.2. The summed E-state index contributed by atoms with van der Waals surface area (Å²) in [4.78, 5) is 25.9. The molecule has 0 saturated carbocycles. The van der Waals surface area contributed by atoms with Crippen LogP contribution in [0.3, 0.4) is 0 Å². The lowest BCUT2D eigenvalue weighted by atomic mass is 9.84. The molecular formula is C19H29NO3S. The second-order valence-corrected chi connectivity index (χ2v) is 9.01. The van der Waals surface area contributed by atoms with E-state index in [-0.39, 0.29) is 17.3 Å². The Kier molecular flexibility index (Phi) is 6.07. The lowest BCUT2D eigenvalue weighted by molar-refractivity contribution is -0.117. The summed E-state index contributed by atoms with van der Waals surface area (Å²) in [7, 11) is 0. The number of carbonyl (C=O) groups excluding carboxylic acids is 2. The normalized spacial score (nSPS) is 15.0. The van der Waals surface area contributed by atoms with E-state index in [0.29, 0.717) is 29.5 Å².